The maximum Gasteiger partial charge on any atom is 0.339 e. The molecule has 1 aromatic heterocycles. The lowest BCUT2D eigenvalue weighted by Crippen LogP contribution is -2.32. The first kappa shape index (κ1) is 17.7. The molecule has 5 nitrogen and oxygen atoms in total. The van der Waals surface area contributed by atoms with Crippen LogP contribution in [0, 0.1) is 5.92 Å². The van der Waals surface area contributed by atoms with Crippen molar-refractivity contribution in [1.29, 1.82) is 0 Å². The topological polar surface area (TPSA) is 45.7 Å². The summed E-state index contributed by atoms with van der Waals surface area (Å²) in [6.45, 7) is 12.2. The van der Waals surface area contributed by atoms with Crippen molar-refractivity contribution < 1.29 is 9.53 Å². The summed E-state index contributed by atoms with van der Waals surface area (Å²) in [5.74, 6) is 1.40. The van der Waals surface area contributed by atoms with Crippen molar-refractivity contribution >= 4 is 11.8 Å². The molecule has 0 spiro atoms. The van der Waals surface area contributed by atoms with Crippen LogP contribution in [0.4, 0.5) is 5.82 Å². The van der Waals surface area contributed by atoms with E-state index in [9.17, 15) is 4.79 Å². The van der Waals surface area contributed by atoms with Crippen LogP contribution in [0.15, 0.2) is 18.3 Å². The van der Waals surface area contributed by atoms with Crippen molar-refractivity contribution in [2.45, 2.75) is 33.6 Å². The van der Waals surface area contributed by atoms with E-state index in [1.54, 1.807) is 6.20 Å². The van der Waals surface area contributed by atoms with Crippen LogP contribution in [0.5, 0.6) is 0 Å². The average molecular weight is 319 g/mol. The molecule has 0 amide bonds. The lowest BCUT2D eigenvalue weighted by Gasteiger charge is -2.23. The highest BCUT2D eigenvalue weighted by Crippen LogP contribution is 2.15. The van der Waals surface area contributed by atoms with Crippen LogP contribution < -0.4 is 4.90 Å². The number of hydrogen-bond acceptors (Lipinski definition) is 5. The van der Waals surface area contributed by atoms with Crippen molar-refractivity contribution in [3.8, 4) is 0 Å². The Morgan fingerprint density at radius 1 is 1.26 bits per heavy atom. The number of pyridine rings is 1. The number of aromatic nitrogens is 1. The minimum absolute atomic E-state index is 0.303. The molecule has 128 valence electrons. The van der Waals surface area contributed by atoms with Gasteiger partial charge in [-0.1, -0.05) is 13.8 Å². The Labute approximate surface area is 139 Å². The van der Waals surface area contributed by atoms with Gasteiger partial charge in [0.1, 0.15) is 5.82 Å². The van der Waals surface area contributed by atoms with Gasteiger partial charge in [0.25, 0.3) is 0 Å². The minimum atomic E-state index is -0.303. The molecule has 2 rings (SSSR count). The lowest BCUT2D eigenvalue weighted by molar-refractivity contribution is 0.0526. The zero-order valence-electron chi connectivity index (χ0n) is 14.6. The van der Waals surface area contributed by atoms with Gasteiger partial charge in [-0.15, -0.1) is 0 Å². The molecule has 5 heteroatoms. The summed E-state index contributed by atoms with van der Waals surface area (Å²) in [4.78, 5) is 21.0. The summed E-state index contributed by atoms with van der Waals surface area (Å²) in [6, 6.07) is 3.73. The van der Waals surface area contributed by atoms with Crippen LogP contribution in [-0.4, -0.2) is 55.2 Å². The molecule has 23 heavy (non-hydrogen) atoms. The van der Waals surface area contributed by atoms with Gasteiger partial charge in [-0.05, 0) is 50.9 Å². The van der Waals surface area contributed by atoms with Crippen LogP contribution in [-0.2, 0) is 4.74 Å². The summed E-state index contributed by atoms with van der Waals surface area (Å²) < 4.78 is 4.99. The number of carbonyl (C=O) groups is 1. The van der Waals surface area contributed by atoms with E-state index in [1.165, 1.54) is 13.0 Å². The molecule has 1 aromatic rings. The van der Waals surface area contributed by atoms with E-state index in [2.05, 4.69) is 28.6 Å². The minimum Gasteiger partial charge on any atom is -0.462 e. The van der Waals surface area contributed by atoms with Gasteiger partial charge in [0, 0.05) is 25.8 Å². The van der Waals surface area contributed by atoms with E-state index in [4.69, 9.17) is 4.74 Å². The molecule has 1 aliphatic heterocycles. The van der Waals surface area contributed by atoms with Gasteiger partial charge in [-0.2, -0.15) is 0 Å². The van der Waals surface area contributed by atoms with Gasteiger partial charge in [-0.3, -0.25) is 0 Å². The quantitative estimate of drug-likeness (QED) is 0.755. The summed E-state index contributed by atoms with van der Waals surface area (Å²) in [7, 11) is 0. The van der Waals surface area contributed by atoms with E-state index < -0.39 is 0 Å². The van der Waals surface area contributed by atoms with Crippen molar-refractivity contribution in [2.24, 2.45) is 5.92 Å². The van der Waals surface area contributed by atoms with Crippen LogP contribution in [0.3, 0.4) is 0 Å². The first-order chi connectivity index (χ1) is 11.1. The van der Waals surface area contributed by atoms with Crippen molar-refractivity contribution in [3.63, 3.8) is 0 Å². The Morgan fingerprint density at radius 2 is 2.09 bits per heavy atom. The normalized spacial score (nSPS) is 16.4. The molecule has 0 aromatic carbocycles. The van der Waals surface area contributed by atoms with Gasteiger partial charge in [0.05, 0.1) is 12.2 Å². The molecule has 1 aliphatic rings. The monoisotopic (exact) mass is 319 g/mol. The van der Waals surface area contributed by atoms with E-state index >= 15 is 0 Å². The first-order valence-corrected chi connectivity index (χ1v) is 8.70. The summed E-state index contributed by atoms with van der Waals surface area (Å²) >= 11 is 0. The summed E-state index contributed by atoms with van der Waals surface area (Å²) in [5, 5.41) is 0. The molecule has 0 N–H and O–H groups in total. The number of esters is 1. The van der Waals surface area contributed by atoms with Gasteiger partial charge in [-0.25, -0.2) is 9.78 Å². The van der Waals surface area contributed by atoms with E-state index in [0.717, 1.165) is 44.3 Å². The van der Waals surface area contributed by atoms with Gasteiger partial charge < -0.3 is 14.5 Å². The number of hydrogen-bond donors (Lipinski definition) is 0. The number of nitrogens with zero attached hydrogens (tertiary/aromatic N) is 3. The Kier molecular flexibility index (Phi) is 6.84. The Bertz CT molecular complexity index is 488. The number of carbonyl (C=O) groups excluding carboxylic acids is 1. The fourth-order valence-corrected chi connectivity index (χ4v) is 2.77. The van der Waals surface area contributed by atoms with Crippen molar-refractivity contribution in [2.75, 3.05) is 44.2 Å². The molecule has 0 unspecified atom stereocenters. The number of anilines is 1. The molecule has 2 heterocycles. The largest absolute Gasteiger partial charge is 0.462 e. The zero-order chi connectivity index (χ0) is 16.7. The Hall–Kier alpha value is -1.62. The zero-order valence-corrected chi connectivity index (χ0v) is 14.6. The third-order valence-corrected chi connectivity index (χ3v) is 4.19. The molecule has 0 radical (unpaired) electrons. The highest BCUT2D eigenvalue weighted by atomic mass is 16.5. The maximum atomic E-state index is 11.7. The van der Waals surface area contributed by atoms with E-state index in [1.807, 2.05) is 19.1 Å². The molecule has 1 saturated heterocycles. The predicted molar refractivity (Wildman–Crippen MR) is 92.9 cm³/mol. The Balaban J connectivity index is 1.90. The summed E-state index contributed by atoms with van der Waals surface area (Å²) in [5.41, 5.74) is 0.518. The SMILES string of the molecule is CCOC(=O)c1ccc(N2CCCN(CCC(C)C)CC2)nc1. The summed E-state index contributed by atoms with van der Waals surface area (Å²) in [6.07, 6.45) is 4.03. The first-order valence-electron chi connectivity index (χ1n) is 8.70. The fraction of sp³-hybridized carbons (Fsp3) is 0.667. The molecular weight excluding hydrogens is 290 g/mol. The highest BCUT2D eigenvalue weighted by molar-refractivity contribution is 5.89. The molecule has 0 aliphatic carbocycles. The van der Waals surface area contributed by atoms with Crippen LogP contribution in [0.2, 0.25) is 0 Å². The predicted octanol–water partition coefficient (Wildman–Crippen LogP) is 2.82. The second-order valence-electron chi connectivity index (χ2n) is 6.49. The molecule has 0 atom stereocenters. The maximum absolute atomic E-state index is 11.7. The van der Waals surface area contributed by atoms with E-state index in [0.29, 0.717) is 12.2 Å². The van der Waals surface area contributed by atoms with Crippen LogP contribution in [0.1, 0.15) is 44.0 Å². The number of rotatable bonds is 6. The molecular formula is C18H29N3O2. The van der Waals surface area contributed by atoms with Crippen LogP contribution >= 0.6 is 0 Å². The third-order valence-electron chi connectivity index (χ3n) is 4.19. The van der Waals surface area contributed by atoms with Crippen molar-refractivity contribution in [3.05, 3.63) is 23.9 Å². The molecule has 0 saturated carbocycles. The highest BCUT2D eigenvalue weighted by Gasteiger charge is 2.16. The lowest BCUT2D eigenvalue weighted by atomic mass is 10.1. The van der Waals surface area contributed by atoms with Crippen LogP contribution in [0.25, 0.3) is 0 Å². The fourth-order valence-electron chi connectivity index (χ4n) is 2.77. The second-order valence-corrected chi connectivity index (χ2v) is 6.49. The van der Waals surface area contributed by atoms with Crippen molar-refractivity contribution in [1.82, 2.24) is 9.88 Å². The molecule has 1 fully saturated rings. The van der Waals surface area contributed by atoms with Gasteiger partial charge in [0.2, 0.25) is 0 Å². The van der Waals surface area contributed by atoms with E-state index in [-0.39, 0.29) is 5.97 Å². The second kappa shape index (κ2) is 8.87. The van der Waals surface area contributed by atoms with Gasteiger partial charge >= 0.3 is 5.97 Å². The third kappa shape index (κ3) is 5.50. The average Bonchev–Trinajstić information content (AvgIpc) is 2.79. The Morgan fingerprint density at radius 3 is 2.74 bits per heavy atom. The smallest absolute Gasteiger partial charge is 0.339 e. The molecule has 0 bridgehead atoms. The number of ether oxygens (including phenoxy) is 1. The standard InChI is InChI=1S/C18H29N3O2/c1-4-23-18(22)16-6-7-17(19-14-16)21-10-5-9-20(12-13-21)11-8-15(2)3/h6-7,14-15H,4-5,8-13H2,1-3H3. The van der Waals surface area contributed by atoms with Gasteiger partial charge in [0.15, 0.2) is 0 Å².